The van der Waals surface area contributed by atoms with Gasteiger partial charge in [-0.1, -0.05) is 0 Å². The van der Waals surface area contributed by atoms with Crippen LogP contribution in [0.3, 0.4) is 0 Å². The van der Waals surface area contributed by atoms with Gasteiger partial charge in [-0.05, 0) is 48.0 Å². The number of pyridine rings is 2. The largest absolute Gasteiger partial charge is 0.384 e. The van der Waals surface area contributed by atoms with Gasteiger partial charge in [-0.15, -0.1) is 0 Å². The number of nitrogens with one attached hydrogen (secondary N) is 3. The number of amides is 1. The van der Waals surface area contributed by atoms with Crippen molar-refractivity contribution in [1.82, 2.24) is 15.3 Å². The van der Waals surface area contributed by atoms with Crippen molar-refractivity contribution in [3.8, 4) is 11.1 Å². The second-order valence-electron chi connectivity index (χ2n) is 6.84. The highest BCUT2D eigenvalue weighted by molar-refractivity contribution is 6.04. The molecule has 0 unspecified atom stereocenters. The Morgan fingerprint density at radius 2 is 1.83 bits per heavy atom. The minimum Gasteiger partial charge on any atom is -0.384 e. The van der Waals surface area contributed by atoms with E-state index in [4.69, 9.17) is 5.73 Å². The molecule has 0 saturated carbocycles. The van der Waals surface area contributed by atoms with Gasteiger partial charge in [-0.3, -0.25) is 9.59 Å². The van der Waals surface area contributed by atoms with E-state index in [1.807, 2.05) is 12.1 Å². The zero-order valence-electron chi connectivity index (χ0n) is 15.8. The van der Waals surface area contributed by atoms with E-state index in [1.54, 1.807) is 42.7 Å². The van der Waals surface area contributed by atoms with Crippen molar-refractivity contribution in [2.24, 2.45) is 0 Å². The second-order valence-corrected chi connectivity index (χ2v) is 6.84. The van der Waals surface area contributed by atoms with Crippen LogP contribution >= 0.6 is 0 Å². The number of nitrogens with zero attached hydrogens (tertiary/aromatic N) is 2. The summed E-state index contributed by atoms with van der Waals surface area (Å²) in [6.45, 7) is 3.77. The van der Waals surface area contributed by atoms with E-state index in [9.17, 15) is 9.59 Å². The molecule has 29 heavy (non-hydrogen) atoms. The maximum atomic E-state index is 12.6. The molecule has 8 nitrogen and oxygen atoms in total. The van der Waals surface area contributed by atoms with Crippen LogP contribution < -0.4 is 26.8 Å². The first-order valence-electron chi connectivity index (χ1n) is 9.42. The molecule has 1 fully saturated rings. The third kappa shape index (κ3) is 4.27. The number of carbonyl (C=O) groups excluding carboxylic acids is 1. The standard InChI is InChI=1S/C21H22N6O2/c22-19-12-15(5-6-24-19)16-11-18(21(29)25-13-16)26-20(28)14-1-3-17(4-2-14)27-9-7-23-8-10-27/h1-6,11-13,23H,7-10H2,(H2,22,24)(H,25,29)(H,26,28). The van der Waals surface area contributed by atoms with E-state index in [2.05, 4.69) is 25.5 Å². The molecule has 1 amide bonds. The van der Waals surface area contributed by atoms with Gasteiger partial charge in [0.25, 0.3) is 11.5 Å². The van der Waals surface area contributed by atoms with E-state index in [0.29, 0.717) is 11.4 Å². The molecule has 3 heterocycles. The Hall–Kier alpha value is -3.65. The van der Waals surface area contributed by atoms with Crippen molar-refractivity contribution < 1.29 is 4.79 Å². The molecule has 0 spiro atoms. The average molecular weight is 390 g/mol. The second kappa shape index (κ2) is 8.15. The van der Waals surface area contributed by atoms with Crippen LogP contribution in [0.5, 0.6) is 0 Å². The van der Waals surface area contributed by atoms with Crippen LogP contribution in [0.25, 0.3) is 11.1 Å². The highest BCUT2D eigenvalue weighted by atomic mass is 16.2. The number of benzene rings is 1. The number of aromatic amines is 1. The zero-order valence-corrected chi connectivity index (χ0v) is 15.8. The summed E-state index contributed by atoms with van der Waals surface area (Å²) in [6.07, 6.45) is 3.17. The topological polar surface area (TPSA) is 116 Å². The highest BCUT2D eigenvalue weighted by Gasteiger charge is 2.13. The Kier molecular flexibility index (Phi) is 5.26. The summed E-state index contributed by atoms with van der Waals surface area (Å²) < 4.78 is 0. The van der Waals surface area contributed by atoms with Crippen LogP contribution in [0.4, 0.5) is 17.2 Å². The molecule has 8 heteroatoms. The summed E-state index contributed by atoms with van der Waals surface area (Å²) in [5.41, 5.74) is 8.62. The summed E-state index contributed by atoms with van der Waals surface area (Å²) in [6, 6.07) is 12.5. The Morgan fingerprint density at radius 1 is 1.07 bits per heavy atom. The number of nitrogen functional groups attached to an aromatic ring is 1. The van der Waals surface area contributed by atoms with Gasteiger partial charge in [0.2, 0.25) is 0 Å². The van der Waals surface area contributed by atoms with Crippen LogP contribution in [0.2, 0.25) is 0 Å². The van der Waals surface area contributed by atoms with Gasteiger partial charge in [-0.25, -0.2) is 4.98 Å². The number of carbonyl (C=O) groups is 1. The molecule has 0 aliphatic carbocycles. The van der Waals surface area contributed by atoms with Crippen molar-refractivity contribution in [2.45, 2.75) is 0 Å². The van der Waals surface area contributed by atoms with Gasteiger partial charge < -0.3 is 26.3 Å². The number of hydrogen-bond donors (Lipinski definition) is 4. The average Bonchev–Trinajstić information content (AvgIpc) is 2.76. The molecule has 0 atom stereocenters. The minimum absolute atomic E-state index is 0.175. The Balaban J connectivity index is 1.52. The fourth-order valence-electron chi connectivity index (χ4n) is 3.31. The van der Waals surface area contributed by atoms with Gasteiger partial charge in [-0.2, -0.15) is 0 Å². The minimum atomic E-state index is -0.374. The highest BCUT2D eigenvalue weighted by Crippen LogP contribution is 2.21. The van der Waals surface area contributed by atoms with E-state index >= 15 is 0 Å². The molecular weight excluding hydrogens is 368 g/mol. The van der Waals surface area contributed by atoms with Crippen LogP contribution in [0.1, 0.15) is 10.4 Å². The maximum absolute atomic E-state index is 12.6. The monoisotopic (exact) mass is 390 g/mol. The molecule has 148 valence electrons. The lowest BCUT2D eigenvalue weighted by molar-refractivity contribution is 0.102. The molecule has 1 aromatic carbocycles. The summed E-state index contributed by atoms with van der Waals surface area (Å²) in [5.74, 6) is 0.0395. The van der Waals surface area contributed by atoms with Gasteiger partial charge in [0.15, 0.2) is 0 Å². The summed E-state index contributed by atoms with van der Waals surface area (Å²) >= 11 is 0. The predicted octanol–water partition coefficient (Wildman–Crippen LogP) is 1.68. The number of anilines is 3. The molecule has 0 radical (unpaired) electrons. The van der Waals surface area contributed by atoms with Crippen molar-refractivity contribution >= 4 is 23.1 Å². The molecular formula is C21H22N6O2. The maximum Gasteiger partial charge on any atom is 0.271 e. The molecule has 4 rings (SSSR count). The molecule has 5 N–H and O–H groups in total. The number of nitrogens with two attached hydrogens (primary N) is 1. The number of piperazine rings is 1. The van der Waals surface area contributed by atoms with Crippen molar-refractivity contribution in [2.75, 3.05) is 42.1 Å². The Bertz CT molecular complexity index is 1070. The van der Waals surface area contributed by atoms with Crippen molar-refractivity contribution in [3.05, 3.63) is 70.8 Å². The third-order valence-electron chi connectivity index (χ3n) is 4.88. The van der Waals surface area contributed by atoms with E-state index in [-0.39, 0.29) is 17.2 Å². The van der Waals surface area contributed by atoms with Crippen LogP contribution in [-0.2, 0) is 0 Å². The van der Waals surface area contributed by atoms with Crippen LogP contribution in [-0.4, -0.2) is 42.1 Å². The molecule has 1 saturated heterocycles. The SMILES string of the molecule is Nc1cc(-c2c[nH]c(=O)c(NC(=O)c3ccc(N4CCNCC4)cc3)c2)ccn1. The lowest BCUT2D eigenvalue weighted by Crippen LogP contribution is -2.43. The van der Waals surface area contributed by atoms with Crippen LogP contribution in [0.15, 0.2) is 59.7 Å². The first-order chi connectivity index (χ1) is 14.1. The van der Waals surface area contributed by atoms with E-state index < -0.39 is 0 Å². The molecule has 1 aliphatic rings. The fraction of sp³-hybridized carbons (Fsp3) is 0.190. The van der Waals surface area contributed by atoms with Gasteiger partial charge in [0.05, 0.1) is 0 Å². The summed E-state index contributed by atoms with van der Waals surface area (Å²) in [4.78, 5) is 33.7. The fourth-order valence-corrected chi connectivity index (χ4v) is 3.31. The normalized spacial score (nSPS) is 13.9. The van der Waals surface area contributed by atoms with Crippen LogP contribution in [0, 0.1) is 0 Å². The smallest absolute Gasteiger partial charge is 0.271 e. The molecule has 3 aromatic rings. The summed E-state index contributed by atoms with van der Waals surface area (Å²) in [5, 5.41) is 6.01. The van der Waals surface area contributed by atoms with Gasteiger partial charge in [0, 0.05) is 55.4 Å². The Labute approximate surface area is 167 Å². The zero-order chi connectivity index (χ0) is 20.2. The number of H-pyrrole nitrogens is 1. The molecule has 0 bridgehead atoms. The lowest BCUT2D eigenvalue weighted by atomic mass is 10.1. The number of aromatic nitrogens is 2. The van der Waals surface area contributed by atoms with Gasteiger partial charge in [0.1, 0.15) is 11.5 Å². The van der Waals surface area contributed by atoms with Crippen molar-refractivity contribution in [3.63, 3.8) is 0 Å². The molecule has 1 aliphatic heterocycles. The predicted molar refractivity (Wildman–Crippen MR) is 114 cm³/mol. The van der Waals surface area contributed by atoms with E-state index in [0.717, 1.165) is 43.0 Å². The number of rotatable bonds is 4. The first-order valence-corrected chi connectivity index (χ1v) is 9.42. The Morgan fingerprint density at radius 3 is 2.55 bits per heavy atom. The molecule has 2 aromatic heterocycles. The van der Waals surface area contributed by atoms with Crippen molar-refractivity contribution in [1.29, 1.82) is 0 Å². The lowest BCUT2D eigenvalue weighted by Gasteiger charge is -2.29. The first kappa shape index (κ1) is 18.7. The number of hydrogen-bond acceptors (Lipinski definition) is 6. The van der Waals surface area contributed by atoms with E-state index in [1.165, 1.54) is 0 Å². The quantitative estimate of drug-likeness (QED) is 0.539. The van der Waals surface area contributed by atoms with Gasteiger partial charge >= 0.3 is 0 Å². The summed E-state index contributed by atoms with van der Waals surface area (Å²) in [7, 11) is 0. The third-order valence-corrected chi connectivity index (χ3v) is 4.88.